The number of halogens is 1. The minimum atomic E-state index is -0.405. The van der Waals surface area contributed by atoms with E-state index in [0.717, 1.165) is 38.0 Å². The van der Waals surface area contributed by atoms with Crippen LogP contribution < -0.4 is 5.32 Å². The van der Waals surface area contributed by atoms with Gasteiger partial charge in [-0.25, -0.2) is 0 Å². The fourth-order valence-electron chi connectivity index (χ4n) is 2.91. The Morgan fingerprint density at radius 2 is 2.09 bits per heavy atom. The van der Waals surface area contributed by atoms with Gasteiger partial charge >= 0.3 is 0 Å². The van der Waals surface area contributed by atoms with Crippen molar-refractivity contribution in [2.24, 2.45) is 5.92 Å². The number of carbonyl (C=O) groups excluding carboxylic acids is 1. The number of nitrogens with one attached hydrogen (secondary N) is 1. The van der Waals surface area contributed by atoms with Crippen molar-refractivity contribution in [3.05, 3.63) is 39.9 Å². The second kappa shape index (κ2) is 9.47. The number of piperidine rings is 1. The zero-order chi connectivity index (χ0) is 15.9. The fourth-order valence-corrected chi connectivity index (χ4v) is 2.91. The highest BCUT2D eigenvalue weighted by Crippen LogP contribution is 2.18. The highest BCUT2D eigenvalue weighted by atomic mass is 35.5. The average molecular weight is 342 g/mol. The van der Waals surface area contributed by atoms with Crippen LogP contribution in [-0.4, -0.2) is 42.4 Å². The zero-order valence-corrected chi connectivity index (χ0v) is 14.2. The molecular weight excluding hydrogens is 318 g/mol. The number of hydrogen-bond donors (Lipinski definition) is 1. The number of rotatable bonds is 6. The van der Waals surface area contributed by atoms with E-state index in [1.807, 2.05) is 18.0 Å². The molecule has 1 aliphatic rings. The molecule has 1 aromatic rings. The molecule has 0 unspecified atom stereocenters. The van der Waals surface area contributed by atoms with Gasteiger partial charge in [-0.2, -0.15) is 0 Å². The lowest BCUT2D eigenvalue weighted by Gasteiger charge is -2.32. The van der Waals surface area contributed by atoms with Gasteiger partial charge in [-0.3, -0.25) is 14.9 Å². The smallest absolute Gasteiger partial charge is 0.269 e. The summed E-state index contributed by atoms with van der Waals surface area (Å²) >= 11 is 0. The third-order valence-corrected chi connectivity index (χ3v) is 4.21. The van der Waals surface area contributed by atoms with E-state index < -0.39 is 4.92 Å². The number of amides is 1. The molecule has 0 atom stereocenters. The molecule has 1 fully saturated rings. The second-order valence-corrected chi connectivity index (χ2v) is 5.81. The lowest BCUT2D eigenvalue weighted by atomic mass is 9.96. The number of non-ortho nitro benzene ring substituents is 1. The van der Waals surface area contributed by atoms with E-state index in [-0.39, 0.29) is 24.0 Å². The number of aryl methyl sites for hydroxylation is 1. The van der Waals surface area contributed by atoms with Gasteiger partial charge in [0.15, 0.2) is 0 Å². The Hall–Kier alpha value is -1.66. The van der Waals surface area contributed by atoms with Crippen molar-refractivity contribution in [1.29, 1.82) is 0 Å². The van der Waals surface area contributed by atoms with E-state index in [4.69, 9.17) is 0 Å². The molecule has 0 aliphatic carbocycles. The van der Waals surface area contributed by atoms with Gasteiger partial charge in [-0.15, -0.1) is 12.4 Å². The molecule has 6 nitrogen and oxygen atoms in total. The Morgan fingerprint density at radius 3 is 2.70 bits per heavy atom. The van der Waals surface area contributed by atoms with Crippen LogP contribution in [-0.2, 0) is 11.2 Å². The SMILES string of the molecule is CNCC1CCN(C(=O)CCc2cccc([N+](=O)[O-])c2)CC1.Cl. The van der Waals surface area contributed by atoms with E-state index >= 15 is 0 Å². The van der Waals surface area contributed by atoms with Crippen LogP contribution in [0.25, 0.3) is 0 Å². The van der Waals surface area contributed by atoms with Gasteiger partial charge in [0, 0.05) is 31.6 Å². The van der Waals surface area contributed by atoms with E-state index in [9.17, 15) is 14.9 Å². The molecular formula is C16H24ClN3O3. The predicted octanol–water partition coefficient (Wildman–Crippen LogP) is 2.41. The molecule has 0 radical (unpaired) electrons. The minimum Gasteiger partial charge on any atom is -0.343 e. The van der Waals surface area contributed by atoms with Gasteiger partial charge in [0.2, 0.25) is 5.91 Å². The van der Waals surface area contributed by atoms with E-state index in [0.29, 0.717) is 18.8 Å². The van der Waals surface area contributed by atoms with Gasteiger partial charge in [-0.1, -0.05) is 12.1 Å². The largest absolute Gasteiger partial charge is 0.343 e. The summed E-state index contributed by atoms with van der Waals surface area (Å²) in [6, 6.07) is 6.52. The lowest BCUT2D eigenvalue weighted by molar-refractivity contribution is -0.384. The molecule has 0 spiro atoms. The minimum absolute atomic E-state index is 0. The van der Waals surface area contributed by atoms with Crippen molar-refractivity contribution in [2.45, 2.75) is 25.7 Å². The van der Waals surface area contributed by atoms with Crippen molar-refractivity contribution < 1.29 is 9.72 Å². The quantitative estimate of drug-likeness (QED) is 0.637. The second-order valence-electron chi connectivity index (χ2n) is 5.81. The Kier molecular flexibility index (Phi) is 7.98. The number of nitro groups is 1. The summed E-state index contributed by atoms with van der Waals surface area (Å²) < 4.78 is 0. The van der Waals surface area contributed by atoms with Crippen molar-refractivity contribution in [1.82, 2.24) is 10.2 Å². The monoisotopic (exact) mass is 341 g/mol. The molecule has 1 aliphatic heterocycles. The Labute approximate surface area is 142 Å². The first kappa shape index (κ1) is 19.4. The number of hydrogen-bond acceptors (Lipinski definition) is 4. The first-order valence-electron chi connectivity index (χ1n) is 7.76. The molecule has 0 aromatic heterocycles. The van der Waals surface area contributed by atoms with Gasteiger partial charge < -0.3 is 10.2 Å². The summed E-state index contributed by atoms with van der Waals surface area (Å²) in [5, 5.41) is 13.9. The average Bonchev–Trinajstić information content (AvgIpc) is 2.54. The summed E-state index contributed by atoms with van der Waals surface area (Å²) in [6.45, 7) is 2.65. The van der Waals surface area contributed by atoms with Crippen molar-refractivity contribution in [2.75, 3.05) is 26.7 Å². The molecule has 1 N–H and O–H groups in total. The maximum absolute atomic E-state index is 12.2. The van der Waals surface area contributed by atoms with Crippen LogP contribution in [0, 0.1) is 16.0 Å². The summed E-state index contributed by atoms with van der Waals surface area (Å²) in [6.07, 6.45) is 3.06. The lowest BCUT2D eigenvalue weighted by Crippen LogP contribution is -2.40. The number of likely N-dealkylation sites (tertiary alicyclic amines) is 1. The fraction of sp³-hybridized carbons (Fsp3) is 0.562. The molecule has 2 rings (SSSR count). The summed E-state index contributed by atoms with van der Waals surface area (Å²) in [7, 11) is 1.95. The van der Waals surface area contributed by atoms with Crippen LogP contribution in [0.2, 0.25) is 0 Å². The van der Waals surface area contributed by atoms with Crippen LogP contribution in [0.1, 0.15) is 24.8 Å². The van der Waals surface area contributed by atoms with Crippen LogP contribution >= 0.6 is 12.4 Å². The number of nitrogens with zero attached hydrogens (tertiary/aromatic N) is 2. The molecule has 1 saturated heterocycles. The van der Waals surface area contributed by atoms with Gasteiger partial charge in [-0.05, 0) is 44.3 Å². The van der Waals surface area contributed by atoms with E-state index in [1.54, 1.807) is 12.1 Å². The van der Waals surface area contributed by atoms with Crippen LogP contribution in [0.3, 0.4) is 0 Å². The Morgan fingerprint density at radius 1 is 1.39 bits per heavy atom. The van der Waals surface area contributed by atoms with E-state index in [1.165, 1.54) is 6.07 Å². The third kappa shape index (κ3) is 5.80. The number of benzene rings is 1. The summed E-state index contributed by atoms with van der Waals surface area (Å²) in [4.78, 5) is 24.5. The molecule has 128 valence electrons. The van der Waals surface area contributed by atoms with Gasteiger partial charge in [0.25, 0.3) is 5.69 Å². The molecule has 1 aromatic carbocycles. The molecule has 0 saturated carbocycles. The zero-order valence-electron chi connectivity index (χ0n) is 13.4. The molecule has 1 heterocycles. The van der Waals surface area contributed by atoms with Crippen molar-refractivity contribution in [3.8, 4) is 0 Å². The van der Waals surface area contributed by atoms with Crippen LogP contribution in [0.15, 0.2) is 24.3 Å². The van der Waals surface area contributed by atoms with Crippen molar-refractivity contribution in [3.63, 3.8) is 0 Å². The summed E-state index contributed by atoms with van der Waals surface area (Å²) in [5.74, 6) is 0.806. The maximum Gasteiger partial charge on any atom is 0.269 e. The Bertz CT molecular complexity index is 531. The standard InChI is InChI=1S/C16H23N3O3.ClH/c1-17-12-14-7-9-18(10-8-14)16(20)6-5-13-3-2-4-15(11-13)19(21)22;/h2-4,11,14,17H,5-10,12H2,1H3;1H. The summed E-state index contributed by atoms with van der Waals surface area (Å²) in [5.41, 5.74) is 0.922. The van der Waals surface area contributed by atoms with Crippen LogP contribution in [0.5, 0.6) is 0 Å². The third-order valence-electron chi connectivity index (χ3n) is 4.21. The highest BCUT2D eigenvalue weighted by Gasteiger charge is 2.22. The molecule has 23 heavy (non-hydrogen) atoms. The van der Waals surface area contributed by atoms with Gasteiger partial charge in [0.1, 0.15) is 0 Å². The normalized spacial score (nSPS) is 15.1. The topological polar surface area (TPSA) is 75.5 Å². The van der Waals surface area contributed by atoms with E-state index in [2.05, 4.69) is 5.32 Å². The molecule has 7 heteroatoms. The Balaban J connectivity index is 0.00000264. The number of carbonyl (C=O) groups is 1. The van der Waals surface area contributed by atoms with Gasteiger partial charge in [0.05, 0.1) is 4.92 Å². The number of nitro benzene ring substituents is 1. The highest BCUT2D eigenvalue weighted by molar-refractivity contribution is 5.85. The molecule has 1 amide bonds. The van der Waals surface area contributed by atoms with Crippen LogP contribution in [0.4, 0.5) is 5.69 Å². The van der Waals surface area contributed by atoms with Crippen molar-refractivity contribution >= 4 is 24.0 Å². The molecule has 0 bridgehead atoms. The maximum atomic E-state index is 12.2. The first-order valence-corrected chi connectivity index (χ1v) is 7.76. The first-order chi connectivity index (χ1) is 10.6. The predicted molar refractivity (Wildman–Crippen MR) is 91.9 cm³/mol.